The van der Waals surface area contributed by atoms with E-state index in [2.05, 4.69) is 5.32 Å². The molecule has 2 rings (SSSR count). The highest BCUT2D eigenvalue weighted by molar-refractivity contribution is 6.06. The van der Waals surface area contributed by atoms with Crippen molar-refractivity contribution in [3.05, 3.63) is 29.8 Å². The second-order valence-electron chi connectivity index (χ2n) is 6.43. The van der Waals surface area contributed by atoms with Crippen LogP contribution in [-0.4, -0.2) is 35.5 Å². The number of aryl methyl sites for hydroxylation is 1. The molecule has 0 bridgehead atoms. The van der Waals surface area contributed by atoms with Crippen LogP contribution in [0.2, 0.25) is 0 Å². The van der Waals surface area contributed by atoms with Gasteiger partial charge >= 0.3 is 6.03 Å². The number of carbonyl (C=O) groups excluding carboxylic acids is 2. The van der Waals surface area contributed by atoms with Gasteiger partial charge in [-0.25, -0.2) is 4.79 Å². The molecule has 0 saturated carbocycles. The van der Waals surface area contributed by atoms with Gasteiger partial charge in [0.25, 0.3) is 5.91 Å². The third kappa shape index (κ3) is 3.40. The van der Waals surface area contributed by atoms with Crippen LogP contribution in [0.15, 0.2) is 24.3 Å². The molecule has 1 aromatic rings. The van der Waals surface area contributed by atoms with E-state index in [9.17, 15) is 9.59 Å². The Bertz CT molecular complexity index is 571. The van der Waals surface area contributed by atoms with Crippen molar-refractivity contribution in [1.82, 2.24) is 10.2 Å². The number of hydrogen-bond acceptors (Lipinski definition) is 3. The van der Waals surface area contributed by atoms with Gasteiger partial charge in [-0.05, 0) is 37.8 Å². The summed E-state index contributed by atoms with van der Waals surface area (Å²) in [6, 6.07) is 7.35. The number of imide groups is 1. The number of para-hydroxylation sites is 1. The minimum absolute atomic E-state index is 0.167. The van der Waals surface area contributed by atoms with Crippen molar-refractivity contribution in [2.24, 2.45) is 5.92 Å². The molecular weight excluding hydrogens is 280 g/mol. The Morgan fingerprint density at radius 1 is 1.27 bits per heavy atom. The van der Waals surface area contributed by atoms with E-state index in [4.69, 9.17) is 4.74 Å². The molecule has 5 heteroatoms. The van der Waals surface area contributed by atoms with E-state index in [-0.39, 0.29) is 18.5 Å². The molecule has 22 heavy (non-hydrogen) atoms. The second-order valence-corrected chi connectivity index (χ2v) is 6.43. The Morgan fingerprint density at radius 3 is 2.59 bits per heavy atom. The average molecular weight is 304 g/mol. The van der Waals surface area contributed by atoms with E-state index in [1.54, 1.807) is 6.92 Å². The highest BCUT2D eigenvalue weighted by Crippen LogP contribution is 2.25. The van der Waals surface area contributed by atoms with E-state index in [0.717, 1.165) is 11.3 Å². The van der Waals surface area contributed by atoms with Crippen LogP contribution in [0.1, 0.15) is 32.8 Å². The molecule has 1 aliphatic rings. The Morgan fingerprint density at radius 2 is 1.95 bits per heavy atom. The molecule has 5 nitrogen and oxygen atoms in total. The van der Waals surface area contributed by atoms with Crippen LogP contribution >= 0.6 is 0 Å². The summed E-state index contributed by atoms with van der Waals surface area (Å²) in [4.78, 5) is 25.7. The number of nitrogens with one attached hydrogen (secondary N) is 1. The largest absolute Gasteiger partial charge is 0.491 e. The number of benzene rings is 1. The van der Waals surface area contributed by atoms with Crippen LogP contribution in [0.3, 0.4) is 0 Å². The molecule has 0 radical (unpaired) electrons. The first-order valence-electron chi connectivity index (χ1n) is 7.66. The fraction of sp³-hybridized carbons (Fsp3) is 0.529. The van der Waals surface area contributed by atoms with Gasteiger partial charge in [-0.15, -0.1) is 0 Å². The van der Waals surface area contributed by atoms with Crippen molar-refractivity contribution in [3.63, 3.8) is 0 Å². The Hall–Kier alpha value is -2.04. The van der Waals surface area contributed by atoms with Crippen LogP contribution in [-0.2, 0) is 4.79 Å². The van der Waals surface area contributed by atoms with E-state index in [0.29, 0.717) is 18.9 Å². The second kappa shape index (κ2) is 6.38. The maximum absolute atomic E-state index is 12.5. The van der Waals surface area contributed by atoms with E-state index >= 15 is 0 Å². The van der Waals surface area contributed by atoms with Crippen LogP contribution in [0.4, 0.5) is 4.79 Å². The first-order chi connectivity index (χ1) is 10.3. The molecule has 3 amide bonds. The van der Waals surface area contributed by atoms with Gasteiger partial charge in [-0.3, -0.25) is 9.69 Å². The maximum Gasteiger partial charge on any atom is 0.325 e. The van der Waals surface area contributed by atoms with Crippen LogP contribution < -0.4 is 10.1 Å². The number of urea groups is 1. The smallest absolute Gasteiger partial charge is 0.325 e. The van der Waals surface area contributed by atoms with Gasteiger partial charge in [0.15, 0.2) is 0 Å². The molecule has 0 aliphatic carbocycles. The molecule has 0 aromatic heterocycles. The van der Waals surface area contributed by atoms with Crippen LogP contribution in [0, 0.1) is 12.8 Å². The zero-order chi connectivity index (χ0) is 16.3. The van der Waals surface area contributed by atoms with Gasteiger partial charge in [0.2, 0.25) is 0 Å². The Balaban J connectivity index is 1.94. The molecule has 0 spiro atoms. The third-order valence-corrected chi connectivity index (χ3v) is 3.83. The van der Waals surface area contributed by atoms with Crippen molar-refractivity contribution >= 4 is 11.9 Å². The minimum atomic E-state index is -0.798. The maximum atomic E-state index is 12.5. The SMILES string of the molecule is Cc1ccccc1OCCN1C(=O)NC(C)(CC(C)C)C1=O. The lowest BCUT2D eigenvalue weighted by atomic mass is 9.91. The first kappa shape index (κ1) is 16.3. The van der Waals surface area contributed by atoms with Crippen molar-refractivity contribution in [3.8, 4) is 5.75 Å². The number of rotatable bonds is 6. The average Bonchev–Trinajstić information content (AvgIpc) is 2.63. The Kier molecular flexibility index (Phi) is 4.74. The molecule has 1 saturated heterocycles. The quantitative estimate of drug-likeness (QED) is 0.822. The molecular formula is C17H24N2O3. The van der Waals surface area contributed by atoms with Crippen molar-refractivity contribution in [1.29, 1.82) is 0 Å². The highest BCUT2D eigenvalue weighted by atomic mass is 16.5. The molecule has 1 unspecified atom stereocenters. The topological polar surface area (TPSA) is 58.6 Å². The van der Waals surface area contributed by atoms with Crippen LogP contribution in [0.25, 0.3) is 0 Å². The van der Waals surface area contributed by atoms with Gasteiger partial charge in [0, 0.05) is 0 Å². The molecule has 1 fully saturated rings. The highest BCUT2D eigenvalue weighted by Gasteiger charge is 2.47. The molecule has 1 atom stereocenters. The molecule has 1 N–H and O–H groups in total. The fourth-order valence-corrected chi connectivity index (χ4v) is 2.87. The van der Waals surface area contributed by atoms with E-state index in [1.807, 2.05) is 45.0 Å². The third-order valence-electron chi connectivity index (χ3n) is 3.83. The number of hydrogen-bond donors (Lipinski definition) is 1. The number of carbonyl (C=O) groups is 2. The van der Waals surface area contributed by atoms with Gasteiger partial charge in [0.1, 0.15) is 17.9 Å². The molecule has 1 aliphatic heterocycles. The summed E-state index contributed by atoms with van der Waals surface area (Å²) in [6.07, 6.45) is 0.632. The predicted molar refractivity (Wildman–Crippen MR) is 84.8 cm³/mol. The van der Waals surface area contributed by atoms with Crippen molar-refractivity contribution in [2.45, 2.75) is 39.7 Å². The normalized spacial score (nSPS) is 21.4. The van der Waals surface area contributed by atoms with Crippen LogP contribution in [0.5, 0.6) is 5.75 Å². The van der Waals surface area contributed by atoms with Crippen molar-refractivity contribution in [2.75, 3.05) is 13.2 Å². The fourth-order valence-electron chi connectivity index (χ4n) is 2.87. The molecule has 120 valence electrons. The summed E-state index contributed by atoms with van der Waals surface area (Å²) in [6.45, 7) is 8.37. The first-order valence-corrected chi connectivity index (χ1v) is 7.66. The number of ether oxygens (including phenoxy) is 1. The van der Waals surface area contributed by atoms with E-state index in [1.165, 1.54) is 4.90 Å². The van der Waals surface area contributed by atoms with Crippen molar-refractivity contribution < 1.29 is 14.3 Å². The lowest BCUT2D eigenvalue weighted by Crippen LogP contribution is -2.45. The lowest BCUT2D eigenvalue weighted by Gasteiger charge is -2.23. The predicted octanol–water partition coefficient (Wildman–Crippen LogP) is 2.73. The minimum Gasteiger partial charge on any atom is -0.491 e. The summed E-state index contributed by atoms with van der Waals surface area (Å²) in [5.74, 6) is 0.941. The van der Waals surface area contributed by atoms with Gasteiger partial charge in [-0.1, -0.05) is 32.0 Å². The lowest BCUT2D eigenvalue weighted by molar-refractivity contribution is -0.131. The van der Waals surface area contributed by atoms with E-state index < -0.39 is 5.54 Å². The summed E-state index contributed by atoms with van der Waals surface area (Å²) in [5.41, 5.74) is 0.234. The van der Waals surface area contributed by atoms with Gasteiger partial charge in [0.05, 0.1) is 6.54 Å². The number of nitrogens with zero attached hydrogens (tertiary/aromatic N) is 1. The molecule has 1 heterocycles. The van der Waals surface area contributed by atoms with Gasteiger partial charge < -0.3 is 10.1 Å². The Labute approximate surface area is 131 Å². The summed E-state index contributed by atoms with van der Waals surface area (Å²) >= 11 is 0. The van der Waals surface area contributed by atoms with Gasteiger partial charge in [-0.2, -0.15) is 0 Å². The molecule has 1 aromatic carbocycles. The summed E-state index contributed by atoms with van der Waals surface area (Å²) < 4.78 is 5.67. The standard InChI is InChI=1S/C17H24N2O3/c1-12(2)11-17(4)15(20)19(16(21)18-17)9-10-22-14-8-6-5-7-13(14)3/h5-8,12H,9-11H2,1-4H3,(H,18,21). The monoisotopic (exact) mass is 304 g/mol. The summed E-state index contributed by atoms with van der Waals surface area (Å²) in [7, 11) is 0. The number of amides is 3. The summed E-state index contributed by atoms with van der Waals surface area (Å²) in [5, 5.41) is 2.80. The zero-order valence-electron chi connectivity index (χ0n) is 13.7. The zero-order valence-corrected chi connectivity index (χ0v) is 13.7.